The minimum absolute atomic E-state index is 0.0703. The molecule has 0 atom stereocenters. The fraction of sp³-hybridized carbons (Fsp3) is 0.500. The van der Waals surface area contributed by atoms with Gasteiger partial charge in [0.05, 0.1) is 0 Å². The van der Waals surface area contributed by atoms with Crippen LogP contribution < -0.4 is 18.9 Å². The summed E-state index contributed by atoms with van der Waals surface area (Å²) in [6.07, 6.45) is 0. The molecular weight excluding hydrogens is 504 g/mol. The number of rotatable bonds is 8. The molecule has 0 aromatic heterocycles. The molecule has 2 fully saturated rings. The number of carbonyl (C=O) groups is 2. The quantitative estimate of drug-likeness (QED) is 0.491. The van der Waals surface area contributed by atoms with Crippen LogP contribution in [0.4, 0.5) is 0 Å². The third-order valence-electron chi connectivity index (χ3n) is 7.59. The van der Waals surface area contributed by atoms with E-state index in [0.29, 0.717) is 26.2 Å². The van der Waals surface area contributed by atoms with Gasteiger partial charge < -0.3 is 33.5 Å². The summed E-state index contributed by atoms with van der Waals surface area (Å²) in [7, 11) is 0. The third kappa shape index (κ3) is 6.21. The van der Waals surface area contributed by atoms with E-state index in [2.05, 4.69) is 21.9 Å². The van der Waals surface area contributed by atoms with Crippen LogP contribution >= 0.6 is 0 Å². The Labute approximate surface area is 227 Å². The lowest BCUT2D eigenvalue weighted by atomic mass is 10.1. The first-order valence-electron chi connectivity index (χ1n) is 13.5. The summed E-state index contributed by atoms with van der Waals surface area (Å²) in [5.74, 6) is 3.01. The Kier molecular flexibility index (Phi) is 7.71. The van der Waals surface area contributed by atoms with Crippen LogP contribution in [0.3, 0.4) is 0 Å². The summed E-state index contributed by atoms with van der Waals surface area (Å²) in [5, 5.41) is 0. The van der Waals surface area contributed by atoms with E-state index in [4.69, 9.17) is 23.7 Å². The Morgan fingerprint density at radius 2 is 1.00 bits per heavy atom. The monoisotopic (exact) mass is 538 g/mol. The fourth-order valence-electron chi connectivity index (χ4n) is 5.31. The van der Waals surface area contributed by atoms with Gasteiger partial charge in [-0.25, -0.2) is 0 Å². The van der Waals surface area contributed by atoms with Crippen molar-refractivity contribution >= 4 is 11.8 Å². The molecule has 4 aliphatic heterocycles. The first-order valence-corrected chi connectivity index (χ1v) is 13.5. The van der Waals surface area contributed by atoms with E-state index in [9.17, 15) is 9.59 Å². The Morgan fingerprint density at radius 3 is 1.44 bits per heavy atom. The highest BCUT2D eigenvalue weighted by atomic mass is 16.7. The second kappa shape index (κ2) is 11.7. The number of fused-ring (bicyclic) bond motifs is 2. The highest BCUT2D eigenvalue weighted by Gasteiger charge is 2.25. The van der Waals surface area contributed by atoms with Crippen molar-refractivity contribution in [2.24, 2.45) is 0 Å². The topological polar surface area (TPSA) is 93.3 Å². The van der Waals surface area contributed by atoms with Crippen LogP contribution in [0, 0.1) is 0 Å². The largest absolute Gasteiger partial charge is 0.454 e. The van der Waals surface area contributed by atoms with Crippen molar-refractivity contribution in [1.29, 1.82) is 0 Å². The molecule has 11 nitrogen and oxygen atoms in total. The second-order valence-corrected chi connectivity index (χ2v) is 10.2. The lowest BCUT2D eigenvalue weighted by Gasteiger charge is -2.35. The van der Waals surface area contributed by atoms with Gasteiger partial charge in [0.15, 0.2) is 23.0 Å². The van der Waals surface area contributed by atoms with Gasteiger partial charge in [0.25, 0.3) is 0 Å². The van der Waals surface area contributed by atoms with Crippen LogP contribution in [0.2, 0.25) is 0 Å². The summed E-state index contributed by atoms with van der Waals surface area (Å²) in [4.78, 5) is 33.5. The Balaban J connectivity index is 0.864. The smallest absolute Gasteiger partial charge is 0.248 e. The van der Waals surface area contributed by atoms with Crippen molar-refractivity contribution in [3.8, 4) is 23.0 Å². The molecule has 0 N–H and O–H groups in total. The summed E-state index contributed by atoms with van der Waals surface area (Å²) in [6.45, 7) is 7.73. The molecule has 0 aliphatic carbocycles. The molecule has 2 aromatic rings. The minimum Gasteiger partial charge on any atom is -0.454 e. The molecule has 0 unspecified atom stereocenters. The highest BCUT2D eigenvalue weighted by Crippen LogP contribution is 2.33. The summed E-state index contributed by atoms with van der Waals surface area (Å²) in [6, 6.07) is 12.0. The Bertz CT molecular complexity index is 1100. The molecule has 11 heteroatoms. The molecular formula is C28H34N4O7. The van der Waals surface area contributed by atoms with Crippen LogP contribution in [-0.4, -0.2) is 111 Å². The maximum Gasteiger partial charge on any atom is 0.248 e. The highest BCUT2D eigenvalue weighted by molar-refractivity contribution is 5.80. The van der Waals surface area contributed by atoms with Gasteiger partial charge in [-0.1, -0.05) is 12.1 Å². The number of ether oxygens (including phenoxy) is 5. The zero-order chi connectivity index (χ0) is 26.6. The average Bonchev–Trinajstić information content (AvgIpc) is 3.63. The van der Waals surface area contributed by atoms with Crippen LogP contribution in [-0.2, 0) is 27.4 Å². The Hall–Kier alpha value is -3.54. The normalized spacial score (nSPS) is 19.0. The number of hydrogen-bond donors (Lipinski definition) is 0. The fourth-order valence-corrected chi connectivity index (χ4v) is 5.31. The molecule has 6 rings (SSSR count). The standard InChI is InChI=1S/C28H34N4O7/c33-27(31-9-5-29(6-10-31)15-21-1-3-23-25(13-21)38-19-36-23)17-35-18-28(34)32-11-7-30(8-12-32)16-22-2-4-24-26(14-22)39-20-37-24/h1-4,13-14H,5-12,15-20H2. The van der Waals surface area contributed by atoms with Crippen LogP contribution in [0.5, 0.6) is 23.0 Å². The molecule has 4 heterocycles. The van der Waals surface area contributed by atoms with E-state index in [-0.39, 0.29) is 38.6 Å². The van der Waals surface area contributed by atoms with Crippen LogP contribution in [0.25, 0.3) is 0 Å². The van der Waals surface area contributed by atoms with Gasteiger partial charge in [-0.05, 0) is 35.4 Å². The van der Waals surface area contributed by atoms with Gasteiger partial charge in [0, 0.05) is 65.4 Å². The Morgan fingerprint density at radius 1 is 0.590 bits per heavy atom. The molecule has 0 spiro atoms. The van der Waals surface area contributed by atoms with Crippen molar-refractivity contribution in [3.63, 3.8) is 0 Å². The summed E-state index contributed by atoms with van der Waals surface area (Å²) < 4.78 is 27.2. The van der Waals surface area contributed by atoms with E-state index in [0.717, 1.165) is 73.4 Å². The molecule has 0 radical (unpaired) electrons. The molecule has 2 saturated heterocycles. The summed E-state index contributed by atoms with van der Waals surface area (Å²) >= 11 is 0. The van der Waals surface area contributed by atoms with Crippen LogP contribution in [0.1, 0.15) is 11.1 Å². The average molecular weight is 539 g/mol. The zero-order valence-electron chi connectivity index (χ0n) is 22.0. The predicted octanol–water partition coefficient (Wildman–Crippen LogP) is 1.15. The van der Waals surface area contributed by atoms with Crippen LogP contribution in [0.15, 0.2) is 36.4 Å². The van der Waals surface area contributed by atoms with Crippen molar-refractivity contribution in [2.75, 3.05) is 79.2 Å². The van der Waals surface area contributed by atoms with Crippen molar-refractivity contribution in [3.05, 3.63) is 47.5 Å². The number of piperazine rings is 2. The lowest BCUT2D eigenvalue weighted by molar-refractivity contribution is -0.143. The molecule has 0 saturated carbocycles. The van der Waals surface area contributed by atoms with Crippen molar-refractivity contribution in [2.45, 2.75) is 13.1 Å². The number of amides is 2. The summed E-state index contributed by atoms with van der Waals surface area (Å²) in [5.41, 5.74) is 2.32. The van der Waals surface area contributed by atoms with Gasteiger partial charge >= 0.3 is 0 Å². The van der Waals surface area contributed by atoms with Gasteiger partial charge in [-0.3, -0.25) is 19.4 Å². The number of carbonyl (C=O) groups excluding carboxylic acids is 2. The van der Waals surface area contributed by atoms with E-state index < -0.39 is 0 Å². The van der Waals surface area contributed by atoms with E-state index in [1.807, 2.05) is 34.1 Å². The molecule has 2 amide bonds. The van der Waals surface area contributed by atoms with E-state index >= 15 is 0 Å². The molecule has 208 valence electrons. The van der Waals surface area contributed by atoms with E-state index in [1.165, 1.54) is 0 Å². The van der Waals surface area contributed by atoms with Gasteiger partial charge in [-0.15, -0.1) is 0 Å². The molecule has 39 heavy (non-hydrogen) atoms. The third-order valence-corrected chi connectivity index (χ3v) is 7.59. The number of hydrogen-bond acceptors (Lipinski definition) is 9. The van der Waals surface area contributed by atoms with Crippen molar-refractivity contribution in [1.82, 2.24) is 19.6 Å². The second-order valence-electron chi connectivity index (χ2n) is 10.2. The minimum atomic E-state index is -0.0714. The van der Waals surface area contributed by atoms with Gasteiger partial charge in [-0.2, -0.15) is 0 Å². The first kappa shape index (κ1) is 25.7. The zero-order valence-corrected chi connectivity index (χ0v) is 22.0. The first-order chi connectivity index (χ1) is 19.1. The van der Waals surface area contributed by atoms with E-state index in [1.54, 1.807) is 0 Å². The molecule has 4 aliphatic rings. The maximum atomic E-state index is 12.6. The van der Waals surface area contributed by atoms with Gasteiger partial charge in [0.1, 0.15) is 13.2 Å². The van der Waals surface area contributed by atoms with Gasteiger partial charge in [0.2, 0.25) is 25.4 Å². The number of benzene rings is 2. The SMILES string of the molecule is O=C(COCC(=O)N1CCN(Cc2ccc3c(c2)OCO3)CC1)N1CCN(Cc2ccc3c(c2)OCO3)CC1. The van der Waals surface area contributed by atoms with Crippen molar-refractivity contribution < 1.29 is 33.3 Å². The molecule has 2 aromatic carbocycles. The predicted molar refractivity (Wildman–Crippen MR) is 140 cm³/mol. The molecule has 0 bridgehead atoms. The maximum absolute atomic E-state index is 12.6. The lowest BCUT2D eigenvalue weighted by Crippen LogP contribution is -2.50. The number of nitrogens with zero attached hydrogens (tertiary/aromatic N) is 4.